The number of sulfonamides is 1. The maximum Gasteiger partial charge on any atom is 0.268 e. The summed E-state index contributed by atoms with van der Waals surface area (Å²) in [5.41, 5.74) is 0.357. The Kier molecular flexibility index (Phi) is 3.93. The predicted molar refractivity (Wildman–Crippen MR) is 99.5 cm³/mol. The number of fused-ring (bicyclic) bond motifs is 3. The number of thiophene rings is 1. The second-order valence-electron chi connectivity index (χ2n) is 6.94. The van der Waals surface area contributed by atoms with Crippen molar-refractivity contribution in [3.63, 3.8) is 0 Å². The van der Waals surface area contributed by atoms with Gasteiger partial charge in [0.2, 0.25) is 10.0 Å². The van der Waals surface area contributed by atoms with E-state index in [0.717, 1.165) is 11.1 Å². The third-order valence-corrected chi connectivity index (χ3v) is 7.69. The maximum atomic E-state index is 13.1. The summed E-state index contributed by atoms with van der Waals surface area (Å²) in [4.78, 5) is 19.0. The van der Waals surface area contributed by atoms with Crippen LogP contribution in [0.2, 0.25) is 0 Å². The standard InChI is InChI=1S/C17H19N3O3S2/c1-10-5-11(2)8-20(7-10)25(22,23)12-3-4-14-13(6-12)15-16(24-14)17(21)19-9-18-15/h3-4,6,9-11H,5,7-8H2,1-2H3,(H,18,19,21)/t10-,11-/m0/s1. The van der Waals surface area contributed by atoms with Crippen LogP contribution >= 0.6 is 11.3 Å². The number of benzene rings is 1. The van der Waals surface area contributed by atoms with Crippen molar-refractivity contribution in [1.29, 1.82) is 0 Å². The molecular weight excluding hydrogens is 358 g/mol. The summed E-state index contributed by atoms with van der Waals surface area (Å²) in [7, 11) is -3.55. The summed E-state index contributed by atoms with van der Waals surface area (Å²) >= 11 is 1.33. The molecule has 1 saturated heterocycles. The molecule has 0 spiro atoms. The lowest BCUT2D eigenvalue weighted by Crippen LogP contribution is -2.42. The number of hydrogen-bond donors (Lipinski definition) is 1. The highest BCUT2D eigenvalue weighted by molar-refractivity contribution is 7.89. The van der Waals surface area contributed by atoms with Crippen molar-refractivity contribution in [2.45, 2.75) is 25.2 Å². The molecule has 0 amide bonds. The second-order valence-corrected chi connectivity index (χ2v) is 9.93. The van der Waals surface area contributed by atoms with E-state index in [0.29, 0.717) is 40.5 Å². The summed E-state index contributed by atoms with van der Waals surface area (Å²) in [6.07, 6.45) is 2.40. The fourth-order valence-electron chi connectivity index (χ4n) is 3.68. The van der Waals surface area contributed by atoms with Crippen LogP contribution in [0.15, 0.2) is 34.2 Å². The van der Waals surface area contributed by atoms with Gasteiger partial charge in [-0.2, -0.15) is 4.31 Å². The molecule has 0 bridgehead atoms. The fraction of sp³-hybridized carbons (Fsp3) is 0.412. The van der Waals surface area contributed by atoms with Gasteiger partial charge in [0.05, 0.1) is 16.7 Å². The van der Waals surface area contributed by atoms with Crippen LogP contribution in [0.4, 0.5) is 0 Å². The zero-order valence-electron chi connectivity index (χ0n) is 14.0. The molecule has 1 aliphatic heterocycles. The van der Waals surface area contributed by atoms with Crippen LogP contribution < -0.4 is 5.56 Å². The van der Waals surface area contributed by atoms with E-state index in [2.05, 4.69) is 23.8 Å². The normalized spacial score (nSPS) is 22.6. The second kappa shape index (κ2) is 5.89. The van der Waals surface area contributed by atoms with E-state index in [-0.39, 0.29) is 10.5 Å². The molecule has 25 heavy (non-hydrogen) atoms. The summed E-state index contributed by atoms with van der Waals surface area (Å²) in [5.74, 6) is 0.703. The average Bonchev–Trinajstić information content (AvgIpc) is 2.93. The highest BCUT2D eigenvalue weighted by Crippen LogP contribution is 2.33. The van der Waals surface area contributed by atoms with E-state index in [1.807, 2.05) is 0 Å². The quantitative estimate of drug-likeness (QED) is 0.744. The highest BCUT2D eigenvalue weighted by atomic mass is 32.2. The predicted octanol–water partition coefficient (Wildman–Crippen LogP) is 2.80. The number of H-pyrrole nitrogens is 1. The first-order chi connectivity index (χ1) is 11.9. The lowest BCUT2D eigenvalue weighted by Gasteiger charge is -2.34. The SMILES string of the molecule is C[C@H]1C[C@H](C)CN(S(=O)(=O)c2ccc3sc4c(=O)[nH]cnc4c3c2)C1. The Labute approximate surface area is 149 Å². The van der Waals surface area contributed by atoms with Gasteiger partial charge >= 0.3 is 0 Å². The summed E-state index contributed by atoms with van der Waals surface area (Å²) in [6, 6.07) is 5.05. The van der Waals surface area contributed by atoms with Gasteiger partial charge in [0.25, 0.3) is 5.56 Å². The zero-order valence-corrected chi connectivity index (χ0v) is 15.7. The number of nitrogens with one attached hydrogen (secondary N) is 1. The van der Waals surface area contributed by atoms with E-state index in [1.54, 1.807) is 22.5 Å². The number of hydrogen-bond acceptors (Lipinski definition) is 5. The van der Waals surface area contributed by atoms with Gasteiger partial charge in [-0.15, -0.1) is 11.3 Å². The third kappa shape index (κ3) is 2.78. The highest BCUT2D eigenvalue weighted by Gasteiger charge is 2.32. The van der Waals surface area contributed by atoms with Crippen LogP contribution in [0.25, 0.3) is 20.3 Å². The van der Waals surface area contributed by atoms with Crippen LogP contribution in [-0.2, 0) is 10.0 Å². The Morgan fingerprint density at radius 2 is 1.96 bits per heavy atom. The zero-order chi connectivity index (χ0) is 17.8. The Bertz CT molecular complexity index is 1110. The molecule has 1 aliphatic rings. The van der Waals surface area contributed by atoms with Gasteiger partial charge in [-0.25, -0.2) is 13.4 Å². The van der Waals surface area contributed by atoms with Gasteiger partial charge in [-0.05, 0) is 36.5 Å². The third-order valence-electron chi connectivity index (χ3n) is 4.70. The first kappa shape index (κ1) is 16.7. The fourth-order valence-corrected chi connectivity index (χ4v) is 6.42. The Hall–Kier alpha value is -1.77. The number of aromatic amines is 1. The van der Waals surface area contributed by atoms with E-state index in [9.17, 15) is 13.2 Å². The van der Waals surface area contributed by atoms with Gasteiger partial charge in [0.15, 0.2) is 0 Å². The van der Waals surface area contributed by atoms with Crippen LogP contribution in [-0.4, -0.2) is 35.8 Å². The lowest BCUT2D eigenvalue weighted by molar-refractivity contribution is 0.222. The molecule has 0 aliphatic carbocycles. The summed E-state index contributed by atoms with van der Waals surface area (Å²) < 4.78 is 29.1. The molecular formula is C17H19N3O3S2. The number of rotatable bonds is 2. The minimum absolute atomic E-state index is 0.200. The van der Waals surface area contributed by atoms with Crippen LogP contribution in [0.5, 0.6) is 0 Å². The molecule has 3 aromatic rings. The number of piperidine rings is 1. The summed E-state index contributed by atoms with van der Waals surface area (Å²) in [5, 5.41) is 0.713. The summed E-state index contributed by atoms with van der Waals surface area (Å²) in [6.45, 7) is 5.27. The molecule has 3 heterocycles. The van der Waals surface area contributed by atoms with E-state index in [1.165, 1.54) is 17.7 Å². The lowest BCUT2D eigenvalue weighted by atomic mass is 9.94. The molecule has 2 aromatic heterocycles. The van der Waals surface area contributed by atoms with Crippen molar-refractivity contribution in [1.82, 2.24) is 14.3 Å². The maximum absolute atomic E-state index is 13.1. The Balaban J connectivity index is 1.85. The van der Waals surface area contributed by atoms with Crippen LogP contribution in [0.3, 0.4) is 0 Å². The van der Waals surface area contributed by atoms with E-state index >= 15 is 0 Å². The number of nitrogens with zero attached hydrogens (tertiary/aromatic N) is 2. The number of aromatic nitrogens is 2. The van der Waals surface area contributed by atoms with Gasteiger partial charge in [-0.1, -0.05) is 13.8 Å². The molecule has 6 nitrogen and oxygen atoms in total. The first-order valence-corrected chi connectivity index (χ1v) is 10.5. The molecule has 132 valence electrons. The van der Waals surface area contributed by atoms with Crippen molar-refractivity contribution in [2.24, 2.45) is 11.8 Å². The van der Waals surface area contributed by atoms with Crippen molar-refractivity contribution in [2.75, 3.05) is 13.1 Å². The molecule has 0 radical (unpaired) electrons. The minimum atomic E-state index is -3.55. The smallest absolute Gasteiger partial charge is 0.268 e. The molecule has 0 saturated carbocycles. The topological polar surface area (TPSA) is 83.1 Å². The molecule has 8 heteroatoms. The molecule has 2 atom stereocenters. The Morgan fingerprint density at radius 1 is 1.24 bits per heavy atom. The molecule has 1 N–H and O–H groups in total. The van der Waals surface area contributed by atoms with Crippen molar-refractivity contribution >= 4 is 41.7 Å². The van der Waals surface area contributed by atoms with Crippen molar-refractivity contribution in [3.8, 4) is 0 Å². The van der Waals surface area contributed by atoms with Gasteiger partial charge in [-0.3, -0.25) is 4.79 Å². The van der Waals surface area contributed by atoms with Gasteiger partial charge in [0.1, 0.15) is 4.70 Å². The monoisotopic (exact) mass is 377 g/mol. The van der Waals surface area contributed by atoms with Crippen molar-refractivity contribution < 1.29 is 8.42 Å². The first-order valence-electron chi connectivity index (χ1n) is 8.26. The van der Waals surface area contributed by atoms with E-state index in [4.69, 9.17) is 0 Å². The minimum Gasteiger partial charge on any atom is -0.312 e. The van der Waals surface area contributed by atoms with Gasteiger partial charge in [0, 0.05) is 23.2 Å². The molecule has 1 fully saturated rings. The van der Waals surface area contributed by atoms with Crippen LogP contribution in [0, 0.1) is 11.8 Å². The molecule has 0 unspecified atom stereocenters. The largest absolute Gasteiger partial charge is 0.312 e. The van der Waals surface area contributed by atoms with Gasteiger partial charge < -0.3 is 4.98 Å². The van der Waals surface area contributed by atoms with Crippen LogP contribution in [0.1, 0.15) is 20.3 Å². The van der Waals surface area contributed by atoms with Crippen molar-refractivity contribution in [3.05, 3.63) is 34.9 Å². The Morgan fingerprint density at radius 3 is 2.68 bits per heavy atom. The average molecular weight is 377 g/mol. The molecule has 4 rings (SSSR count). The molecule has 1 aromatic carbocycles. The van der Waals surface area contributed by atoms with E-state index < -0.39 is 10.0 Å².